The van der Waals surface area contributed by atoms with Crippen LogP contribution in [0.15, 0.2) is 30.3 Å². The SMILES string of the molecule is O=C(O)CC(c1ccccc1)N1CC2(CCOCC2)C1. The van der Waals surface area contributed by atoms with Crippen molar-refractivity contribution in [2.45, 2.75) is 25.3 Å². The van der Waals surface area contributed by atoms with Gasteiger partial charge >= 0.3 is 5.97 Å². The Morgan fingerprint density at radius 2 is 1.90 bits per heavy atom. The lowest BCUT2D eigenvalue weighted by atomic mass is 9.72. The third-order valence-corrected chi connectivity index (χ3v) is 4.62. The van der Waals surface area contributed by atoms with Gasteiger partial charge in [0.1, 0.15) is 0 Å². The van der Waals surface area contributed by atoms with Crippen molar-refractivity contribution < 1.29 is 14.6 Å². The smallest absolute Gasteiger partial charge is 0.305 e. The summed E-state index contributed by atoms with van der Waals surface area (Å²) in [7, 11) is 0. The Bertz CT molecular complexity index is 460. The molecule has 0 radical (unpaired) electrons. The molecule has 108 valence electrons. The summed E-state index contributed by atoms with van der Waals surface area (Å²) < 4.78 is 5.43. The van der Waals surface area contributed by atoms with E-state index in [9.17, 15) is 4.79 Å². The standard InChI is InChI=1S/C16H21NO3/c18-15(19)10-14(13-4-2-1-3-5-13)17-11-16(12-17)6-8-20-9-7-16/h1-5,14H,6-12H2,(H,18,19). The zero-order valence-electron chi connectivity index (χ0n) is 11.6. The number of carboxylic acid groups (broad SMARTS) is 1. The summed E-state index contributed by atoms with van der Waals surface area (Å²) in [5, 5.41) is 9.17. The van der Waals surface area contributed by atoms with Crippen LogP contribution >= 0.6 is 0 Å². The number of carbonyl (C=O) groups is 1. The van der Waals surface area contributed by atoms with Gasteiger partial charge in [-0.1, -0.05) is 30.3 Å². The van der Waals surface area contributed by atoms with E-state index >= 15 is 0 Å². The second-order valence-electron chi connectivity index (χ2n) is 6.04. The fraction of sp³-hybridized carbons (Fsp3) is 0.562. The minimum absolute atomic E-state index is 0.00201. The summed E-state index contributed by atoms with van der Waals surface area (Å²) in [4.78, 5) is 13.5. The molecule has 1 atom stereocenters. The summed E-state index contributed by atoms with van der Waals surface area (Å²) in [6.45, 7) is 3.71. The average molecular weight is 275 g/mol. The van der Waals surface area contributed by atoms with E-state index in [0.717, 1.165) is 44.7 Å². The lowest BCUT2D eigenvalue weighted by Gasteiger charge is -2.55. The van der Waals surface area contributed by atoms with E-state index in [-0.39, 0.29) is 12.5 Å². The molecule has 0 amide bonds. The second kappa shape index (κ2) is 5.54. The van der Waals surface area contributed by atoms with Crippen LogP contribution in [0, 0.1) is 5.41 Å². The quantitative estimate of drug-likeness (QED) is 0.916. The van der Waals surface area contributed by atoms with Gasteiger partial charge in [0.25, 0.3) is 0 Å². The fourth-order valence-electron chi connectivity index (χ4n) is 3.45. The first kappa shape index (κ1) is 13.6. The van der Waals surface area contributed by atoms with Crippen LogP contribution in [0.3, 0.4) is 0 Å². The molecule has 2 aliphatic rings. The number of rotatable bonds is 4. The van der Waals surface area contributed by atoms with Crippen molar-refractivity contribution in [2.24, 2.45) is 5.41 Å². The molecule has 1 aromatic rings. The number of benzene rings is 1. The predicted molar refractivity (Wildman–Crippen MR) is 75.5 cm³/mol. The molecule has 1 N–H and O–H groups in total. The maximum Gasteiger partial charge on any atom is 0.305 e. The van der Waals surface area contributed by atoms with Crippen molar-refractivity contribution in [3.05, 3.63) is 35.9 Å². The highest BCUT2D eigenvalue weighted by molar-refractivity contribution is 5.68. The Morgan fingerprint density at radius 1 is 1.25 bits per heavy atom. The van der Waals surface area contributed by atoms with Gasteiger partial charge in [-0.25, -0.2) is 0 Å². The molecular formula is C16H21NO3. The first-order chi connectivity index (χ1) is 9.69. The third kappa shape index (κ3) is 2.72. The molecule has 0 saturated carbocycles. The van der Waals surface area contributed by atoms with Crippen LogP contribution < -0.4 is 0 Å². The minimum Gasteiger partial charge on any atom is -0.481 e. The zero-order chi connectivity index (χ0) is 14.0. The summed E-state index contributed by atoms with van der Waals surface area (Å²) in [6.07, 6.45) is 2.40. The van der Waals surface area contributed by atoms with E-state index in [1.807, 2.05) is 30.3 Å². The summed E-state index contributed by atoms with van der Waals surface area (Å²) >= 11 is 0. The highest BCUT2D eigenvalue weighted by Crippen LogP contribution is 2.44. The van der Waals surface area contributed by atoms with Crippen LogP contribution in [0.1, 0.15) is 30.9 Å². The van der Waals surface area contributed by atoms with Crippen molar-refractivity contribution >= 4 is 5.97 Å². The van der Waals surface area contributed by atoms with Gasteiger partial charge in [0.2, 0.25) is 0 Å². The van der Waals surface area contributed by atoms with E-state index < -0.39 is 5.97 Å². The second-order valence-corrected chi connectivity index (χ2v) is 6.04. The Kier molecular flexibility index (Phi) is 3.76. The van der Waals surface area contributed by atoms with Crippen LogP contribution in [0.25, 0.3) is 0 Å². The van der Waals surface area contributed by atoms with E-state index in [0.29, 0.717) is 5.41 Å². The van der Waals surface area contributed by atoms with Crippen LogP contribution in [-0.4, -0.2) is 42.3 Å². The van der Waals surface area contributed by atoms with E-state index in [1.54, 1.807) is 0 Å². The fourth-order valence-corrected chi connectivity index (χ4v) is 3.45. The number of likely N-dealkylation sites (tertiary alicyclic amines) is 1. The van der Waals surface area contributed by atoms with Crippen LogP contribution in [0.4, 0.5) is 0 Å². The van der Waals surface area contributed by atoms with Crippen molar-refractivity contribution in [1.82, 2.24) is 4.90 Å². The van der Waals surface area contributed by atoms with Crippen molar-refractivity contribution in [3.63, 3.8) is 0 Å². The normalized spacial score (nSPS) is 23.2. The Balaban J connectivity index is 1.70. The van der Waals surface area contributed by atoms with Gasteiger partial charge in [0.15, 0.2) is 0 Å². The maximum absolute atomic E-state index is 11.1. The van der Waals surface area contributed by atoms with E-state index in [2.05, 4.69) is 4.90 Å². The molecule has 0 aromatic heterocycles. The van der Waals surface area contributed by atoms with Crippen LogP contribution in [0.2, 0.25) is 0 Å². The van der Waals surface area contributed by atoms with Gasteiger partial charge < -0.3 is 9.84 Å². The van der Waals surface area contributed by atoms with Crippen LogP contribution in [-0.2, 0) is 9.53 Å². The molecular weight excluding hydrogens is 254 g/mol. The van der Waals surface area contributed by atoms with Gasteiger partial charge in [-0.3, -0.25) is 9.69 Å². The molecule has 0 bridgehead atoms. The molecule has 2 saturated heterocycles. The van der Waals surface area contributed by atoms with Gasteiger partial charge in [0, 0.05) is 37.8 Å². The molecule has 2 aliphatic heterocycles. The zero-order valence-corrected chi connectivity index (χ0v) is 11.6. The van der Waals surface area contributed by atoms with Crippen molar-refractivity contribution in [1.29, 1.82) is 0 Å². The number of hydrogen-bond donors (Lipinski definition) is 1. The van der Waals surface area contributed by atoms with Crippen LogP contribution in [0.5, 0.6) is 0 Å². The Morgan fingerprint density at radius 3 is 2.50 bits per heavy atom. The molecule has 3 rings (SSSR count). The highest BCUT2D eigenvalue weighted by Gasteiger charge is 2.46. The first-order valence-corrected chi connectivity index (χ1v) is 7.27. The number of ether oxygens (including phenoxy) is 1. The molecule has 0 aliphatic carbocycles. The number of hydrogen-bond acceptors (Lipinski definition) is 3. The van der Waals surface area contributed by atoms with Gasteiger partial charge in [-0.15, -0.1) is 0 Å². The summed E-state index contributed by atoms with van der Waals surface area (Å²) in [5.41, 5.74) is 1.49. The molecule has 4 nitrogen and oxygen atoms in total. The summed E-state index contributed by atoms with van der Waals surface area (Å²) in [5.74, 6) is -0.730. The molecule has 1 spiro atoms. The number of nitrogens with zero attached hydrogens (tertiary/aromatic N) is 1. The first-order valence-electron chi connectivity index (χ1n) is 7.27. The number of aliphatic carboxylic acids is 1. The molecule has 2 fully saturated rings. The topological polar surface area (TPSA) is 49.8 Å². The lowest BCUT2D eigenvalue weighted by Crippen LogP contribution is -2.59. The molecule has 4 heteroatoms. The average Bonchev–Trinajstić information content (AvgIpc) is 2.44. The van der Waals surface area contributed by atoms with Gasteiger partial charge in [-0.05, 0) is 18.4 Å². The van der Waals surface area contributed by atoms with E-state index in [4.69, 9.17) is 9.84 Å². The monoisotopic (exact) mass is 275 g/mol. The van der Waals surface area contributed by atoms with Gasteiger partial charge in [0.05, 0.1) is 6.42 Å². The van der Waals surface area contributed by atoms with Gasteiger partial charge in [-0.2, -0.15) is 0 Å². The minimum atomic E-state index is -0.730. The highest BCUT2D eigenvalue weighted by atomic mass is 16.5. The maximum atomic E-state index is 11.1. The van der Waals surface area contributed by atoms with E-state index in [1.165, 1.54) is 0 Å². The Labute approximate surface area is 119 Å². The third-order valence-electron chi connectivity index (χ3n) is 4.62. The number of carboxylic acids is 1. The largest absolute Gasteiger partial charge is 0.481 e. The van der Waals surface area contributed by atoms with Crippen molar-refractivity contribution in [2.75, 3.05) is 26.3 Å². The predicted octanol–water partition coefficient (Wildman–Crippen LogP) is 2.31. The molecule has 1 unspecified atom stereocenters. The Hall–Kier alpha value is -1.39. The lowest BCUT2D eigenvalue weighted by molar-refractivity contribution is -0.142. The molecule has 20 heavy (non-hydrogen) atoms. The van der Waals surface area contributed by atoms with Crippen molar-refractivity contribution in [3.8, 4) is 0 Å². The molecule has 2 heterocycles. The molecule has 1 aromatic carbocycles. The summed E-state index contributed by atoms with van der Waals surface area (Å²) in [6, 6.07) is 9.99.